The summed E-state index contributed by atoms with van der Waals surface area (Å²) >= 11 is 0. The molecule has 0 radical (unpaired) electrons. The highest BCUT2D eigenvalue weighted by atomic mass is 16.3. The van der Waals surface area contributed by atoms with E-state index in [1.165, 1.54) is 0 Å². The Morgan fingerprint density at radius 1 is 0.895 bits per heavy atom. The van der Waals surface area contributed by atoms with E-state index in [2.05, 4.69) is 0 Å². The van der Waals surface area contributed by atoms with Crippen molar-refractivity contribution in [2.45, 2.75) is 25.6 Å². The zero-order chi connectivity index (χ0) is 13.9. The minimum absolute atomic E-state index is 0.308. The highest BCUT2D eigenvalue weighted by molar-refractivity contribution is 5.25. The molecule has 100 valence electrons. The van der Waals surface area contributed by atoms with Crippen molar-refractivity contribution in [2.75, 3.05) is 0 Å². The summed E-state index contributed by atoms with van der Waals surface area (Å²) in [6, 6.07) is 18.9. The number of hydrogen-bond acceptors (Lipinski definition) is 2. The molecule has 0 heterocycles. The van der Waals surface area contributed by atoms with Gasteiger partial charge >= 0.3 is 0 Å². The highest BCUT2D eigenvalue weighted by Gasteiger charge is 2.35. The molecule has 3 atom stereocenters. The fourth-order valence-corrected chi connectivity index (χ4v) is 2.28. The van der Waals surface area contributed by atoms with Gasteiger partial charge in [0.15, 0.2) is 0 Å². The first-order valence-electron chi connectivity index (χ1n) is 6.54. The molecule has 2 aromatic carbocycles. The van der Waals surface area contributed by atoms with Crippen LogP contribution in [-0.4, -0.2) is 10.2 Å². The second-order valence-electron chi connectivity index (χ2n) is 5.16. The van der Waals surface area contributed by atoms with Gasteiger partial charge in [-0.1, -0.05) is 67.6 Å². The lowest BCUT2D eigenvalue weighted by Gasteiger charge is -2.34. The van der Waals surface area contributed by atoms with Crippen LogP contribution in [0.2, 0.25) is 0 Å². The molecule has 2 nitrogen and oxygen atoms in total. The lowest BCUT2D eigenvalue weighted by atomic mass is 9.79. The van der Waals surface area contributed by atoms with Crippen molar-refractivity contribution in [3.8, 4) is 0 Å². The quantitative estimate of drug-likeness (QED) is 0.881. The smallest absolute Gasteiger partial charge is 0.0921 e. The zero-order valence-electron chi connectivity index (χ0n) is 11.3. The molecule has 0 amide bonds. The Hall–Kier alpha value is -1.64. The summed E-state index contributed by atoms with van der Waals surface area (Å²) in [6.07, 6.45) is -0.698. The van der Waals surface area contributed by atoms with Gasteiger partial charge in [0.05, 0.1) is 11.7 Å². The molecule has 19 heavy (non-hydrogen) atoms. The first-order chi connectivity index (χ1) is 9.03. The van der Waals surface area contributed by atoms with E-state index in [1.807, 2.05) is 67.6 Å². The Balaban J connectivity index is 2.26. The monoisotopic (exact) mass is 256 g/mol. The van der Waals surface area contributed by atoms with E-state index in [1.54, 1.807) is 6.92 Å². The molecule has 2 rings (SSSR count). The fraction of sp³-hybridized carbons (Fsp3) is 0.294. The highest BCUT2D eigenvalue weighted by Crippen LogP contribution is 2.37. The van der Waals surface area contributed by atoms with Crippen LogP contribution < -0.4 is 0 Å². The average molecular weight is 256 g/mol. The minimum Gasteiger partial charge on any atom is -0.388 e. The number of benzene rings is 2. The molecule has 0 fully saturated rings. The van der Waals surface area contributed by atoms with Gasteiger partial charge in [0.1, 0.15) is 0 Å². The Morgan fingerprint density at radius 3 is 1.89 bits per heavy atom. The molecule has 0 saturated heterocycles. The standard InChI is InChI=1S/C17H20O2/c1-13(16(18)14-9-5-3-6-10-14)17(2,19)15-11-7-4-8-12-15/h3-13,16,18-19H,1-2H3/t13-,16-,17+/m1/s1. The van der Waals surface area contributed by atoms with E-state index in [0.717, 1.165) is 11.1 Å². The molecule has 0 aromatic heterocycles. The number of aliphatic hydroxyl groups is 2. The van der Waals surface area contributed by atoms with E-state index in [4.69, 9.17) is 0 Å². The average Bonchev–Trinajstić information content (AvgIpc) is 2.47. The maximum atomic E-state index is 10.7. The molecule has 0 aliphatic carbocycles. The van der Waals surface area contributed by atoms with Crippen molar-refractivity contribution in [1.82, 2.24) is 0 Å². The lowest BCUT2D eigenvalue weighted by Crippen LogP contribution is -2.34. The van der Waals surface area contributed by atoms with Crippen LogP contribution in [0.5, 0.6) is 0 Å². The topological polar surface area (TPSA) is 40.5 Å². The van der Waals surface area contributed by atoms with Crippen molar-refractivity contribution < 1.29 is 10.2 Å². The van der Waals surface area contributed by atoms with Gasteiger partial charge in [0, 0.05) is 5.92 Å². The molecular weight excluding hydrogens is 236 g/mol. The Kier molecular flexibility index (Phi) is 4.03. The van der Waals surface area contributed by atoms with E-state index >= 15 is 0 Å². The summed E-state index contributed by atoms with van der Waals surface area (Å²) in [6.45, 7) is 3.61. The van der Waals surface area contributed by atoms with Crippen molar-refractivity contribution >= 4 is 0 Å². The summed E-state index contributed by atoms with van der Waals surface area (Å²) < 4.78 is 0. The molecule has 2 aromatic rings. The van der Waals surface area contributed by atoms with Crippen LogP contribution in [0.3, 0.4) is 0 Å². The van der Waals surface area contributed by atoms with Crippen molar-refractivity contribution in [1.29, 1.82) is 0 Å². The van der Waals surface area contributed by atoms with E-state index < -0.39 is 11.7 Å². The van der Waals surface area contributed by atoms with Gasteiger partial charge in [-0.05, 0) is 18.1 Å². The minimum atomic E-state index is -1.07. The molecular formula is C17H20O2. The molecule has 0 saturated carbocycles. The maximum Gasteiger partial charge on any atom is 0.0921 e. The van der Waals surface area contributed by atoms with Crippen LogP contribution in [0.1, 0.15) is 31.1 Å². The molecule has 0 aliphatic heterocycles. The van der Waals surface area contributed by atoms with Gasteiger partial charge < -0.3 is 10.2 Å². The second-order valence-corrected chi connectivity index (χ2v) is 5.16. The molecule has 0 bridgehead atoms. The van der Waals surface area contributed by atoms with Gasteiger partial charge in [-0.2, -0.15) is 0 Å². The molecule has 0 unspecified atom stereocenters. The normalized spacial score (nSPS) is 17.5. The maximum absolute atomic E-state index is 10.7. The third kappa shape index (κ3) is 2.86. The zero-order valence-corrected chi connectivity index (χ0v) is 11.3. The Labute approximate surface area is 114 Å². The van der Waals surface area contributed by atoms with Crippen LogP contribution in [0.4, 0.5) is 0 Å². The van der Waals surface area contributed by atoms with Crippen molar-refractivity contribution in [2.24, 2.45) is 5.92 Å². The van der Waals surface area contributed by atoms with Crippen LogP contribution in [0, 0.1) is 5.92 Å². The van der Waals surface area contributed by atoms with Crippen LogP contribution in [-0.2, 0) is 5.60 Å². The molecule has 0 spiro atoms. The molecule has 2 heteroatoms. The van der Waals surface area contributed by atoms with Crippen LogP contribution >= 0.6 is 0 Å². The summed E-state index contributed by atoms with van der Waals surface area (Å²) in [5, 5.41) is 21.2. The van der Waals surface area contributed by atoms with Gasteiger partial charge in [0.2, 0.25) is 0 Å². The number of hydrogen-bond donors (Lipinski definition) is 2. The summed E-state index contributed by atoms with van der Waals surface area (Å²) in [7, 11) is 0. The lowest BCUT2D eigenvalue weighted by molar-refractivity contribution is -0.0572. The van der Waals surface area contributed by atoms with Crippen molar-refractivity contribution in [3.05, 3.63) is 71.8 Å². The van der Waals surface area contributed by atoms with Crippen LogP contribution in [0.25, 0.3) is 0 Å². The molecule has 0 aliphatic rings. The van der Waals surface area contributed by atoms with Crippen LogP contribution in [0.15, 0.2) is 60.7 Å². The first-order valence-corrected chi connectivity index (χ1v) is 6.54. The fourth-order valence-electron chi connectivity index (χ4n) is 2.28. The largest absolute Gasteiger partial charge is 0.388 e. The summed E-state index contributed by atoms with van der Waals surface area (Å²) in [4.78, 5) is 0. The first kappa shape index (κ1) is 13.8. The number of rotatable bonds is 4. The van der Waals surface area contributed by atoms with E-state index in [-0.39, 0.29) is 5.92 Å². The predicted molar refractivity (Wildman–Crippen MR) is 76.6 cm³/mol. The van der Waals surface area contributed by atoms with E-state index in [0.29, 0.717) is 0 Å². The third-order valence-electron chi connectivity index (χ3n) is 3.86. The molecule has 2 N–H and O–H groups in total. The third-order valence-corrected chi connectivity index (χ3v) is 3.86. The van der Waals surface area contributed by atoms with Gasteiger partial charge in [-0.15, -0.1) is 0 Å². The summed E-state index contributed by atoms with van der Waals surface area (Å²) in [5.74, 6) is -0.308. The predicted octanol–water partition coefficient (Wildman–Crippen LogP) is 3.26. The van der Waals surface area contributed by atoms with Gasteiger partial charge in [-0.3, -0.25) is 0 Å². The van der Waals surface area contributed by atoms with E-state index in [9.17, 15) is 10.2 Å². The van der Waals surface area contributed by atoms with Gasteiger partial charge in [-0.25, -0.2) is 0 Å². The Bertz CT molecular complexity index is 505. The second kappa shape index (κ2) is 5.55. The van der Waals surface area contributed by atoms with Gasteiger partial charge in [0.25, 0.3) is 0 Å². The Morgan fingerprint density at radius 2 is 1.37 bits per heavy atom. The SMILES string of the molecule is C[C@H]([C@@H](O)c1ccccc1)[C@](C)(O)c1ccccc1. The summed E-state index contributed by atoms with van der Waals surface area (Å²) in [5.41, 5.74) is 0.569. The number of aliphatic hydroxyl groups excluding tert-OH is 1. The van der Waals surface area contributed by atoms with Crippen molar-refractivity contribution in [3.63, 3.8) is 0 Å².